The van der Waals surface area contributed by atoms with Crippen LogP contribution in [-0.4, -0.2) is 25.6 Å². The molecule has 19 heavy (non-hydrogen) atoms. The molecule has 1 aliphatic rings. The highest BCUT2D eigenvalue weighted by Crippen LogP contribution is 2.28. The first-order valence-corrected chi connectivity index (χ1v) is 7.19. The minimum Gasteiger partial charge on any atom is -0.365 e. The van der Waals surface area contributed by atoms with E-state index < -0.39 is 0 Å². The average Bonchev–Trinajstić information content (AvgIpc) is 2.96. The standard InChI is InChI=1S/C13H18ClN5/c1-8(2)19-7-15-11-10(19)12(18-13(14)17-11)16-9-5-3-4-6-9/h7-9H,3-6H2,1-2H3,(H,16,17,18). The van der Waals surface area contributed by atoms with Crippen LogP contribution in [0.5, 0.6) is 0 Å². The third-order valence-electron chi connectivity index (χ3n) is 3.65. The van der Waals surface area contributed by atoms with Gasteiger partial charge < -0.3 is 9.88 Å². The van der Waals surface area contributed by atoms with Crippen LogP contribution in [0.1, 0.15) is 45.6 Å². The lowest BCUT2D eigenvalue weighted by molar-refractivity contribution is 0.616. The van der Waals surface area contributed by atoms with Crippen molar-refractivity contribution < 1.29 is 0 Å². The molecule has 0 amide bonds. The van der Waals surface area contributed by atoms with Crippen molar-refractivity contribution in [2.45, 2.75) is 51.6 Å². The molecule has 1 saturated carbocycles. The van der Waals surface area contributed by atoms with Crippen molar-refractivity contribution in [3.63, 3.8) is 0 Å². The van der Waals surface area contributed by atoms with Gasteiger partial charge in [-0.2, -0.15) is 9.97 Å². The molecule has 0 aliphatic heterocycles. The second-order valence-corrected chi connectivity index (χ2v) is 5.72. The number of nitrogens with one attached hydrogen (secondary N) is 1. The molecule has 2 heterocycles. The first kappa shape index (κ1) is 12.7. The van der Waals surface area contributed by atoms with E-state index >= 15 is 0 Å². The van der Waals surface area contributed by atoms with E-state index in [-0.39, 0.29) is 5.28 Å². The zero-order valence-electron chi connectivity index (χ0n) is 11.2. The Balaban J connectivity index is 2.06. The van der Waals surface area contributed by atoms with Crippen LogP contribution in [0.25, 0.3) is 11.2 Å². The van der Waals surface area contributed by atoms with Gasteiger partial charge >= 0.3 is 0 Å². The predicted octanol–water partition coefficient (Wildman–Crippen LogP) is 3.42. The van der Waals surface area contributed by atoms with Gasteiger partial charge in [0.2, 0.25) is 5.28 Å². The third kappa shape index (κ3) is 2.39. The van der Waals surface area contributed by atoms with Crippen LogP contribution >= 0.6 is 11.6 Å². The molecule has 1 N–H and O–H groups in total. The number of nitrogens with zero attached hydrogens (tertiary/aromatic N) is 4. The van der Waals surface area contributed by atoms with Gasteiger partial charge in [-0.15, -0.1) is 0 Å². The fraction of sp³-hybridized carbons (Fsp3) is 0.615. The molecule has 0 spiro atoms. The number of imidazole rings is 1. The Morgan fingerprint density at radius 2 is 2.05 bits per heavy atom. The monoisotopic (exact) mass is 279 g/mol. The van der Waals surface area contributed by atoms with E-state index in [1.165, 1.54) is 25.7 Å². The summed E-state index contributed by atoms with van der Waals surface area (Å²) < 4.78 is 2.09. The van der Waals surface area contributed by atoms with Crippen LogP contribution in [0.15, 0.2) is 6.33 Å². The number of hydrogen-bond donors (Lipinski definition) is 1. The molecule has 1 fully saturated rings. The van der Waals surface area contributed by atoms with Crippen molar-refractivity contribution in [3.8, 4) is 0 Å². The fourth-order valence-corrected chi connectivity index (χ4v) is 2.84. The van der Waals surface area contributed by atoms with E-state index in [2.05, 4.69) is 38.7 Å². The summed E-state index contributed by atoms with van der Waals surface area (Å²) in [4.78, 5) is 12.9. The highest BCUT2D eigenvalue weighted by atomic mass is 35.5. The van der Waals surface area contributed by atoms with Crippen LogP contribution in [0.3, 0.4) is 0 Å². The van der Waals surface area contributed by atoms with E-state index in [0.29, 0.717) is 17.7 Å². The maximum atomic E-state index is 5.99. The van der Waals surface area contributed by atoms with Crippen molar-refractivity contribution >= 4 is 28.6 Å². The number of aromatic nitrogens is 4. The molecular formula is C13H18ClN5. The van der Waals surface area contributed by atoms with Gasteiger partial charge in [0.15, 0.2) is 11.5 Å². The Labute approximate surface area is 117 Å². The lowest BCUT2D eigenvalue weighted by atomic mass is 10.2. The van der Waals surface area contributed by atoms with Crippen molar-refractivity contribution in [1.82, 2.24) is 19.5 Å². The Bertz CT molecular complexity index is 586. The number of fused-ring (bicyclic) bond motifs is 1. The fourth-order valence-electron chi connectivity index (χ4n) is 2.67. The topological polar surface area (TPSA) is 55.6 Å². The summed E-state index contributed by atoms with van der Waals surface area (Å²) in [6.07, 6.45) is 6.75. The second-order valence-electron chi connectivity index (χ2n) is 5.38. The second kappa shape index (κ2) is 4.96. The molecule has 2 aromatic rings. The molecule has 102 valence electrons. The quantitative estimate of drug-likeness (QED) is 0.875. The van der Waals surface area contributed by atoms with Crippen LogP contribution in [-0.2, 0) is 0 Å². The Morgan fingerprint density at radius 3 is 2.74 bits per heavy atom. The van der Waals surface area contributed by atoms with Crippen molar-refractivity contribution in [2.75, 3.05) is 5.32 Å². The highest BCUT2D eigenvalue weighted by molar-refractivity contribution is 6.28. The minimum atomic E-state index is 0.252. The molecule has 0 unspecified atom stereocenters. The number of rotatable bonds is 3. The number of hydrogen-bond acceptors (Lipinski definition) is 4. The van der Waals surface area contributed by atoms with Crippen LogP contribution in [0, 0.1) is 0 Å². The van der Waals surface area contributed by atoms with Crippen LogP contribution < -0.4 is 5.32 Å². The molecule has 2 aromatic heterocycles. The summed E-state index contributed by atoms with van der Waals surface area (Å²) >= 11 is 5.99. The molecule has 0 aromatic carbocycles. The molecule has 0 bridgehead atoms. The largest absolute Gasteiger partial charge is 0.365 e. The van der Waals surface area contributed by atoms with E-state index in [1.54, 1.807) is 6.33 Å². The van der Waals surface area contributed by atoms with Gasteiger partial charge in [0.1, 0.15) is 5.52 Å². The average molecular weight is 280 g/mol. The lowest BCUT2D eigenvalue weighted by Gasteiger charge is -2.16. The van der Waals surface area contributed by atoms with Gasteiger partial charge in [-0.05, 0) is 38.3 Å². The zero-order valence-corrected chi connectivity index (χ0v) is 12.0. The van der Waals surface area contributed by atoms with E-state index in [0.717, 1.165) is 11.3 Å². The van der Waals surface area contributed by atoms with E-state index in [4.69, 9.17) is 11.6 Å². The van der Waals surface area contributed by atoms with Crippen molar-refractivity contribution in [1.29, 1.82) is 0 Å². The van der Waals surface area contributed by atoms with Gasteiger partial charge in [0.25, 0.3) is 0 Å². The summed E-state index contributed by atoms with van der Waals surface area (Å²) in [7, 11) is 0. The Morgan fingerprint density at radius 1 is 1.32 bits per heavy atom. The minimum absolute atomic E-state index is 0.252. The Kier molecular flexibility index (Phi) is 3.31. The molecule has 0 radical (unpaired) electrons. The molecule has 5 nitrogen and oxygen atoms in total. The SMILES string of the molecule is CC(C)n1cnc2nc(Cl)nc(NC3CCCC3)c21. The summed E-state index contributed by atoms with van der Waals surface area (Å²) in [5, 5.41) is 3.76. The third-order valence-corrected chi connectivity index (χ3v) is 3.82. The molecule has 1 aliphatic carbocycles. The molecule has 0 atom stereocenters. The maximum absolute atomic E-state index is 5.99. The maximum Gasteiger partial charge on any atom is 0.226 e. The number of halogens is 1. The normalized spacial score (nSPS) is 16.6. The summed E-state index contributed by atoms with van der Waals surface area (Å²) in [6, 6.07) is 0.809. The van der Waals surface area contributed by atoms with Gasteiger partial charge in [0.05, 0.1) is 6.33 Å². The lowest BCUT2D eigenvalue weighted by Crippen LogP contribution is -2.17. The smallest absolute Gasteiger partial charge is 0.226 e. The van der Waals surface area contributed by atoms with Crippen molar-refractivity contribution in [2.24, 2.45) is 0 Å². The predicted molar refractivity (Wildman–Crippen MR) is 76.6 cm³/mol. The molecule has 0 saturated heterocycles. The molecular weight excluding hydrogens is 262 g/mol. The van der Waals surface area contributed by atoms with Crippen LogP contribution in [0.4, 0.5) is 5.82 Å². The van der Waals surface area contributed by atoms with Gasteiger partial charge in [-0.1, -0.05) is 12.8 Å². The van der Waals surface area contributed by atoms with E-state index in [9.17, 15) is 0 Å². The molecule has 6 heteroatoms. The highest BCUT2D eigenvalue weighted by Gasteiger charge is 2.20. The summed E-state index contributed by atoms with van der Waals surface area (Å²) in [5.41, 5.74) is 1.61. The Hall–Kier alpha value is -1.36. The van der Waals surface area contributed by atoms with Gasteiger partial charge in [-0.25, -0.2) is 4.98 Å². The number of anilines is 1. The summed E-state index contributed by atoms with van der Waals surface area (Å²) in [6.45, 7) is 4.24. The zero-order chi connectivity index (χ0) is 13.4. The van der Waals surface area contributed by atoms with Crippen molar-refractivity contribution in [3.05, 3.63) is 11.6 Å². The van der Waals surface area contributed by atoms with E-state index in [1.807, 2.05) is 0 Å². The molecule has 3 rings (SSSR count). The van der Waals surface area contributed by atoms with Gasteiger partial charge in [0, 0.05) is 12.1 Å². The first-order chi connectivity index (χ1) is 9.15. The van der Waals surface area contributed by atoms with Gasteiger partial charge in [-0.3, -0.25) is 0 Å². The van der Waals surface area contributed by atoms with Crippen LogP contribution in [0.2, 0.25) is 5.28 Å². The first-order valence-electron chi connectivity index (χ1n) is 6.82. The summed E-state index contributed by atoms with van der Waals surface area (Å²) in [5.74, 6) is 0.813.